The van der Waals surface area contributed by atoms with Gasteiger partial charge in [-0.1, -0.05) is 48.0 Å². The maximum absolute atomic E-state index is 12.8. The Balaban J connectivity index is 1.60. The lowest BCUT2D eigenvalue weighted by Gasteiger charge is -2.19. The predicted molar refractivity (Wildman–Crippen MR) is 116 cm³/mol. The van der Waals surface area contributed by atoms with Gasteiger partial charge in [0.05, 0.1) is 0 Å². The summed E-state index contributed by atoms with van der Waals surface area (Å²) in [5.74, 6) is -0.266. The van der Waals surface area contributed by atoms with Crippen molar-refractivity contribution < 1.29 is 9.59 Å². The Bertz CT molecular complexity index is 813. The van der Waals surface area contributed by atoms with Gasteiger partial charge in [0.1, 0.15) is 0 Å². The van der Waals surface area contributed by atoms with Gasteiger partial charge in [0.25, 0.3) is 0 Å². The molecule has 0 heterocycles. The van der Waals surface area contributed by atoms with E-state index in [9.17, 15) is 9.59 Å². The molecule has 29 heavy (non-hydrogen) atoms. The largest absolute Gasteiger partial charge is 0.355 e. The van der Waals surface area contributed by atoms with Gasteiger partial charge in [-0.25, -0.2) is 0 Å². The van der Waals surface area contributed by atoms with Gasteiger partial charge in [-0.2, -0.15) is 0 Å². The third kappa shape index (κ3) is 6.31. The second kappa shape index (κ2) is 10.4. The lowest BCUT2D eigenvalue weighted by atomic mass is 9.91. The number of carbonyl (C=O) groups is 2. The Morgan fingerprint density at radius 1 is 0.966 bits per heavy atom. The van der Waals surface area contributed by atoms with Crippen LogP contribution < -0.4 is 16.0 Å². The van der Waals surface area contributed by atoms with Gasteiger partial charge in [0.2, 0.25) is 11.8 Å². The van der Waals surface area contributed by atoms with Gasteiger partial charge in [0, 0.05) is 42.9 Å². The molecule has 2 aromatic carbocycles. The second-order valence-electron chi connectivity index (χ2n) is 7.55. The van der Waals surface area contributed by atoms with E-state index in [4.69, 9.17) is 11.6 Å². The highest BCUT2D eigenvalue weighted by atomic mass is 35.5. The quantitative estimate of drug-likeness (QED) is 0.553. The first-order chi connectivity index (χ1) is 14.0. The van der Waals surface area contributed by atoms with E-state index >= 15 is 0 Å². The molecule has 5 nitrogen and oxygen atoms in total. The molecule has 2 aromatic rings. The average molecular weight is 414 g/mol. The van der Waals surface area contributed by atoms with E-state index in [1.54, 1.807) is 12.1 Å². The van der Waals surface area contributed by atoms with E-state index in [2.05, 4.69) is 28.1 Å². The third-order valence-corrected chi connectivity index (χ3v) is 5.57. The van der Waals surface area contributed by atoms with Crippen LogP contribution in [0.2, 0.25) is 5.02 Å². The van der Waals surface area contributed by atoms with Crippen molar-refractivity contribution in [3.05, 3.63) is 70.2 Å². The molecule has 3 N–H and O–H groups in total. The fourth-order valence-electron chi connectivity index (χ4n) is 3.84. The Morgan fingerprint density at radius 2 is 1.59 bits per heavy atom. The summed E-state index contributed by atoms with van der Waals surface area (Å²) in [6.45, 7) is 1.27. The number of fused-ring (bicyclic) bond motifs is 1. The molecule has 0 saturated carbocycles. The van der Waals surface area contributed by atoms with Crippen LogP contribution in [0.15, 0.2) is 48.5 Å². The zero-order chi connectivity index (χ0) is 20.6. The minimum Gasteiger partial charge on any atom is -0.355 e. The fourth-order valence-corrected chi connectivity index (χ4v) is 3.96. The van der Waals surface area contributed by atoms with Gasteiger partial charge in [-0.05, 0) is 48.7 Å². The monoisotopic (exact) mass is 413 g/mol. The fraction of sp³-hybridized carbons (Fsp3) is 0.391. The van der Waals surface area contributed by atoms with E-state index < -0.39 is 0 Å². The maximum Gasteiger partial charge on any atom is 0.220 e. The van der Waals surface area contributed by atoms with Crippen molar-refractivity contribution in [1.82, 2.24) is 16.0 Å². The minimum absolute atomic E-state index is 0.0224. The lowest BCUT2D eigenvalue weighted by molar-refractivity contribution is -0.123. The number of nitrogens with one attached hydrogen (secondary N) is 3. The summed E-state index contributed by atoms with van der Waals surface area (Å²) in [6, 6.07) is 15.8. The predicted octanol–water partition coefficient (Wildman–Crippen LogP) is 2.82. The first-order valence-corrected chi connectivity index (χ1v) is 10.5. The molecular weight excluding hydrogens is 386 g/mol. The van der Waals surface area contributed by atoms with Crippen LogP contribution in [0.5, 0.6) is 0 Å². The molecule has 1 unspecified atom stereocenters. The van der Waals surface area contributed by atoms with Gasteiger partial charge in [0.15, 0.2) is 0 Å². The van der Waals surface area contributed by atoms with Crippen LogP contribution in [0.3, 0.4) is 0 Å². The van der Waals surface area contributed by atoms with Crippen LogP contribution in [0.4, 0.5) is 0 Å². The number of hydrogen-bond donors (Lipinski definition) is 3. The molecule has 1 atom stereocenters. The number of benzene rings is 2. The molecule has 1 aliphatic carbocycles. The molecule has 2 amide bonds. The highest BCUT2D eigenvalue weighted by Gasteiger charge is 2.25. The second-order valence-corrected chi connectivity index (χ2v) is 7.99. The van der Waals surface area contributed by atoms with Crippen LogP contribution in [-0.2, 0) is 22.4 Å². The van der Waals surface area contributed by atoms with E-state index in [0.29, 0.717) is 18.1 Å². The Morgan fingerprint density at radius 3 is 2.21 bits per heavy atom. The number of rotatable bonds is 9. The van der Waals surface area contributed by atoms with E-state index in [1.165, 1.54) is 11.1 Å². The molecule has 3 rings (SSSR count). The Hall–Kier alpha value is -2.37. The Labute approximate surface area is 177 Å². The van der Waals surface area contributed by atoms with Crippen molar-refractivity contribution in [3.63, 3.8) is 0 Å². The SMILES string of the molecule is CNCCNC(=O)CC(CC(=O)NC1Cc2ccccc2C1)c1ccc(Cl)cc1. The van der Waals surface area contributed by atoms with Crippen molar-refractivity contribution in [2.24, 2.45) is 0 Å². The smallest absolute Gasteiger partial charge is 0.220 e. The molecule has 0 aromatic heterocycles. The van der Waals surface area contributed by atoms with E-state index in [-0.39, 0.29) is 36.6 Å². The molecule has 1 aliphatic rings. The summed E-state index contributed by atoms with van der Waals surface area (Å²) in [4.78, 5) is 25.1. The van der Waals surface area contributed by atoms with Crippen molar-refractivity contribution >= 4 is 23.4 Å². The van der Waals surface area contributed by atoms with Crippen LogP contribution in [0, 0.1) is 0 Å². The first-order valence-electron chi connectivity index (χ1n) is 10.1. The molecule has 0 aliphatic heterocycles. The topological polar surface area (TPSA) is 70.2 Å². The molecule has 0 spiro atoms. The molecule has 6 heteroatoms. The molecule has 0 radical (unpaired) electrons. The number of hydrogen-bond acceptors (Lipinski definition) is 3. The third-order valence-electron chi connectivity index (χ3n) is 5.32. The van der Waals surface area contributed by atoms with Crippen LogP contribution in [0.1, 0.15) is 35.4 Å². The minimum atomic E-state index is -0.189. The maximum atomic E-state index is 12.8. The van der Waals surface area contributed by atoms with Crippen molar-refractivity contribution in [3.8, 4) is 0 Å². The molecule has 0 fully saturated rings. The normalized spacial score (nSPS) is 14.3. The summed E-state index contributed by atoms with van der Waals surface area (Å²) in [5.41, 5.74) is 3.55. The van der Waals surface area contributed by atoms with Crippen LogP contribution in [-0.4, -0.2) is 38.0 Å². The van der Waals surface area contributed by atoms with Crippen molar-refractivity contribution in [2.45, 2.75) is 37.6 Å². The number of likely N-dealkylation sites (N-methyl/N-ethyl adjacent to an activating group) is 1. The molecule has 0 bridgehead atoms. The summed E-state index contributed by atoms with van der Waals surface area (Å²) in [6.07, 6.45) is 2.26. The Kier molecular flexibility index (Phi) is 7.67. The van der Waals surface area contributed by atoms with Crippen molar-refractivity contribution in [2.75, 3.05) is 20.1 Å². The summed E-state index contributed by atoms with van der Waals surface area (Å²) in [5, 5.41) is 9.69. The van der Waals surface area contributed by atoms with Crippen LogP contribution in [0.25, 0.3) is 0 Å². The molecule has 0 saturated heterocycles. The molecule has 154 valence electrons. The first kappa shape index (κ1) is 21.3. The number of amides is 2. The van der Waals surface area contributed by atoms with Gasteiger partial charge in [-0.3, -0.25) is 9.59 Å². The van der Waals surface area contributed by atoms with E-state index in [0.717, 1.165) is 18.4 Å². The van der Waals surface area contributed by atoms with Crippen LogP contribution >= 0.6 is 11.6 Å². The van der Waals surface area contributed by atoms with Gasteiger partial charge < -0.3 is 16.0 Å². The zero-order valence-electron chi connectivity index (χ0n) is 16.7. The van der Waals surface area contributed by atoms with E-state index in [1.807, 2.05) is 31.3 Å². The highest BCUT2D eigenvalue weighted by molar-refractivity contribution is 6.30. The summed E-state index contributed by atoms with van der Waals surface area (Å²) < 4.78 is 0. The molecular formula is C23H28ClN3O2. The van der Waals surface area contributed by atoms with Crippen molar-refractivity contribution in [1.29, 1.82) is 0 Å². The standard InChI is InChI=1S/C23H28ClN3O2/c1-25-10-11-26-22(28)14-19(16-6-8-20(24)9-7-16)15-23(29)27-21-12-17-4-2-3-5-18(17)13-21/h2-9,19,21,25H,10-15H2,1H3,(H,26,28)(H,27,29). The summed E-state index contributed by atoms with van der Waals surface area (Å²) >= 11 is 6.00. The zero-order valence-corrected chi connectivity index (χ0v) is 17.5. The van der Waals surface area contributed by atoms with Gasteiger partial charge >= 0.3 is 0 Å². The summed E-state index contributed by atoms with van der Waals surface area (Å²) in [7, 11) is 1.84. The number of carbonyl (C=O) groups excluding carboxylic acids is 2. The average Bonchev–Trinajstić information content (AvgIpc) is 3.10. The number of halogens is 1. The lowest BCUT2D eigenvalue weighted by Crippen LogP contribution is -2.37. The van der Waals surface area contributed by atoms with Gasteiger partial charge in [-0.15, -0.1) is 0 Å². The highest BCUT2D eigenvalue weighted by Crippen LogP contribution is 2.26.